The Labute approximate surface area is 121 Å². The Morgan fingerprint density at radius 1 is 1.45 bits per heavy atom. The topological polar surface area (TPSA) is 52.6 Å². The van der Waals surface area contributed by atoms with E-state index in [-0.39, 0.29) is 0 Å². The lowest BCUT2D eigenvalue weighted by Gasteiger charge is -2.21. The summed E-state index contributed by atoms with van der Waals surface area (Å²) in [5.41, 5.74) is 0.989. The molecule has 1 fully saturated rings. The first kappa shape index (κ1) is 14.8. The molecule has 110 valence electrons. The van der Waals surface area contributed by atoms with E-state index in [1.54, 1.807) is 6.20 Å². The van der Waals surface area contributed by atoms with Crippen molar-refractivity contribution < 1.29 is 0 Å². The van der Waals surface area contributed by atoms with Crippen LogP contribution in [0.3, 0.4) is 0 Å². The quantitative estimate of drug-likeness (QED) is 0.627. The first-order valence-electron chi connectivity index (χ1n) is 7.42. The largest absolute Gasteiger partial charge is 0.357 e. The molecule has 5 heteroatoms. The summed E-state index contributed by atoms with van der Waals surface area (Å²) in [6.45, 7) is 5.71. The monoisotopic (exact) mass is 275 g/mol. The van der Waals surface area contributed by atoms with E-state index in [4.69, 9.17) is 0 Å². The molecule has 1 atom stereocenters. The average molecular weight is 275 g/mol. The molecule has 1 aliphatic rings. The number of likely N-dealkylation sites (tertiary alicyclic amines) is 1. The second kappa shape index (κ2) is 7.85. The van der Waals surface area contributed by atoms with Crippen LogP contribution in [-0.2, 0) is 6.54 Å². The van der Waals surface area contributed by atoms with Gasteiger partial charge in [0, 0.05) is 25.3 Å². The number of rotatable bonds is 5. The third-order valence-corrected chi connectivity index (χ3v) is 3.65. The molecule has 1 aromatic heterocycles. The Bertz CT molecular complexity index is 418. The third-order valence-electron chi connectivity index (χ3n) is 3.65. The number of likely N-dealkylation sites (N-methyl/N-ethyl adjacent to an activating group) is 1. The lowest BCUT2D eigenvalue weighted by atomic mass is 10.2. The van der Waals surface area contributed by atoms with Crippen molar-refractivity contribution in [3.63, 3.8) is 0 Å². The van der Waals surface area contributed by atoms with Crippen molar-refractivity contribution in [3.05, 3.63) is 30.1 Å². The van der Waals surface area contributed by atoms with Crippen LogP contribution in [0.25, 0.3) is 0 Å². The summed E-state index contributed by atoms with van der Waals surface area (Å²) in [4.78, 5) is 11.3. The molecule has 1 aliphatic heterocycles. The molecular weight excluding hydrogens is 250 g/mol. The lowest BCUT2D eigenvalue weighted by Crippen LogP contribution is -2.44. The van der Waals surface area contributed by atoms with Crippen LogP contribution in [0, 0.1) is 0 Å². The highest BCUT2D eigenvalue weighted by molar-refractivity contribution is 5.79. The number of guanidine groups is 1. The minimum Gasteiger partial charge on any atom is -0.357 e. The van der Waals surface area contributed by atoms with E-state index in [0.717, 1.165) is 24.7 Å². The fraction of sp³-hybridized carbons (Fsp3) is 0.600. The third kappa shape index (κ3) is 4.49. The first-order valence-corrected chi connectivity index (χ1v) is 7.42. The van der Waals surface area contributed by atoms with Crippen LogP contribution in [0.1, 0.15) is 25.5 Å². The Hall–Kier alpha value is -1.62. The standard InChI is InChI=1S/C15H25N5/c1-3-16-15(18-11-13-7-4-5-9-17-13)19-12-14-8-6-10-20(14)2/h4-5,7,9,14H,3,6,8,10-12H2,1-2H3,(H2,16,18,19). The van der Waals surface area contributed by atoms with Gasteiger partial charge in [0.25, 0.3) is 0 Å². The molecule has 2 N–H and O–H groups in total. The molecule has 0 amide bonds. The SMILES string of the molecule is CCNC(=NCc1ccccn1)NCC1CCCN1C. The molecule has 0 saturated carbocycles. The van der Waals surface area contributed by atoms with E-state index in [1.165, 1.54) is 19.4 Å². The number of pyridine rings is 1. The summed E-state index contributed by atoms with van der Waals surface area (Å²) in [6.07, 6.45) is 4.37. The van der Waals surface area contributed by atoms with Gasteiger partial charge in [0.1, 0.15) is 0 Å². The molecule has 1 saturated heterocycles. The van der Waals surface area contributed by atoms with Crippen molar-refractivity contribution in [2.75, 3.05) is 26.7 Å². The number of aromatic nitrogens is 1. The van der Waals surface area contributed by atoms with Gasteiger partial charge in [-0.1, -0.05) is 6.07 Å². The van der Waals surface area contributed by atoms with Gasteiger partial charge < -0.3 is 15.5 Å². The fourth-order valence-electron chi connectivity index (χ4n) is 2.45. The zero-order valence-electron chi connectivity index (χ0n) is 12.5. The summed E-state index contributed by atoms with van der Waals surface area (Å²) in [5, 5.41) is 6.72. The van der Waals surface area contributed by atoms with Crippen LogP contribution in [0.2, 0.25) is 0 Å². The minimum atomic E-state index is 0.608. The highest BCUT2D eigenvalue weighted by Gasteiger charge is 2.20. The molecule has 0 spiro atoms. The zero-order valence-corrected chi connectivity index (χ0v) is 12.5. The molecule has 2 rings (SSSR count). The van der Waals surface area contributed by atoms with E-state index in [0.29, 0.717) is 12.6 Å². The van der Waals surface area contributed by atoms with Crippen molar-refractivity contribution in [3.8, 4) is 0 Å². The molecule has 1 aromatic rings. The van der Waals surface area contributed by atoms with Crippen LogP contribution < -0.4 is 10.6 Å². The maximum absolute atomic E-state index is 4.58. The summed E-state index contributed by atoms with van der Waals surface area (Å²) >= 11 is 0. The van der Waals surface area contributed by atoms with E-state index >= 15 is 0 Å². The van der Waals surface area contributed by atoms with Crippen LogP contribution >= 0.6 is 0 Å². The molecular formula is C15H25N5. The fourth-order valence-corrected chi connectivity index (χ4v) is 2.45. The summed E-state index contributed by atoms with van der Waals surface area (Å²) in [6, 6.07) is 6.53. The van der Waals surface area contributed by atoms with Crippen LogP contribution in [-0.4, -0.2) is 48.6 Å². The highest BCUT2D eigenvalue weighted by atomic mass is 15.2. The van der Waals surface area contributed by atoms with Crippen molar-refractivity contribution in [1.29, 1.82) is 0 Å². The van der Waals surface area contributed by atoms with E-state index in [1.807, 2.05) is 18.2 Å². The van der Waals surface area contributed by atoms with Gasteiger partial charge >= 0.3 is 0 Å². The predicted molar refractivity (Wildman–Crippen MR) is 82.7 cm³/mol. The lowest BCUT2D eigenvalue weighted by molar-refractivity contribution is 0.309. The number of nitrogens with one attached hydrogen (secondary N) is 2. The smallest absolute Gasteiger partial charge is 0.191 e. The van der Waals surface area contributed by atoms with Gasteiger partial charge in [-0.15, -0.1) is 0 Å². The second-order valence-electron chi connectivity index (χ2n) is 5.17. The van der Waals surface area contributed by atoms with Gasteiger partial charge in [0.2, 0.25) is 0 Å². The Kier molecular flexibility index (Phi) is 5.80. The average Bonchev–Trinajstić information content (AvgIpc) is 2.88. The normalized spacial score (nSPS) is 20.1. The Morgan fingerprint density at radius 2 is 2.35 bits per heavy atom. The Balaban J connectivity index is 1.85. The predicted octanol–water partition coefficient (Wildman–Crippen LogP) is 1.23. The molecule has 0 radical (unpaired) electrons. The van der Waals surface area contributed by atoms with Crippen molar-refractivity contribution >= 4 is 5.96 Å². The van der Waals surface area contributed by atoms with Crippen molar-refractivity contribution in [1.82, 2.24) is 20.5 Å². The van der Waals surface area contributed by atoms with Gasteiger partial charge in [-0.25, -0.2) is 4.99 Å². The minimum absolute atomic E-state index is 0.608. The van der Waals surface area contributed by atoms with Crippen LogP contribution in [0.4, 0.5) is 0 Å². The number of hydrogen-bond donors (Lipinski definition) is 2. The molecule has 2 heterocycles. The first-order chi connectivity index (χ1) is 9.79. The number of aliphatic imine (C=N–C) groups is 1. The van der Waals surface area contributed by atoms with E-state index in [9.17, 15) is 0 Å². The van der Waals surface area contributed by atoms with Gasteiger partial charge in [-0.05, 0) is 45.5 Å². The van der Waals surface area contributed by atoms with Crippen LogP contribution in [0.5, 0.6) is 0 Å². The van der Waals surface area contributed by atoms with Crippen LogP contribution in [0.15, 0.2) is 29.4 Å². The zero-order chi connectivity index (χ0) is 14.2. The van der Waals surface area contributed by atoms with E-state index < -0.39 is 0 Å². The van der Waals surface area contributed by atoms with Crippen molar-refractivity contribution in [2.45, 2.75) is 32.4 Å². The second-order valence-corrected chi connectivity index (χ2v) is 5.17. The molecule has 5 nitrogen and oxygen atoms in total. The van der Waals surface area contributed by atoms with Gasteiger partial charge in [0.05, 0.1) is 12.2 Å². The maximum atomic E-state index is 4.58. The van der Waals surface area contributed by atoms with Crippen molar-refractivity contribution in [2.24, 2.45) is 4.99 Å². The molecule has 20 heavy (non-hydrogen) atoms. The number of nitrogens with zero attached hydrogens (tertiary/aromatic N) is 3. The number of hydrogen-bond acceptors (Lipinski definition) is 3. The molecule has 1 unspecified atom stereocenters. The van der Waals surface area contributed by atoms with Gasteiger partial charge in [-0.2, -0.15) is 0 Å². The van der Waals surface area contributed by atoms with Gasteiger partial charge in [-0.3, -0.25) is 4.98 Å². The van der Waals surface area contributed by atoms with E-state index in [2.05, 4.69) is 39.5 Å². The highest BCUT2D eigenvalue weighted by Crippen LogP contribution is 2.13. The molecule has 0 aromatic carbocycles. The summed E-state index contributed by atoms with van der Waals surface area (Å²) in [7, 11) is 2.19. The molecule has 0 aliphatic carbocycles. The maximum Gasteiger partial charge on any atom is 0.191 e. The Morgan fingerprint density at radius 3 is 3.00 bits per heavy atom. The molecule has 0 bridgehead atoms. The van der Waals surface area contributed by atoms with Gasteiger partial charge in [0.15, 0.2) is 5.96 Å². The summed E-state index contributed by atoms with van der Waals surface area (Å²) < 4.78 is 0. The summed E-state index contributed by atoms with van der Waals surface area (Å²) in [5.74, 6) is 0.874.